The molecule has 1 aromatic carbocycles. The summed E-state index contributed by atoms with van der Waals surface area (Å²) in [7, 11) is 0. The van der Waals surface area contributed by atoms with Crippen LogP contribution < -0.4 is 10.1 Å². The molecule has 0 aliphatic heterocycles. The van der Waals surface area contributed by atoms with Gasteiger partial charge < -0.3 is 9.84 Å². The van der Waals surface area contributed by atoms with E-state index >= 15 is 0 Å². The number of rotatable bonds is 6. The minimum absolute atomic E-state index is 0.0330. The van der Waals surface area contributed by atoms with Crippen LogP contribution in [0.25, 0.3) is 0 Å². The second-order valence-electron chi connectivity index (χ2n) is 2.76. The molecule has 0 amide bonds. The first kappa shape index (κ1) is 11.4. The highest BCUT2D eigenvalue weighted by molar-refractivity contribution is 5.35. The van der Waals surface area contributed by atoms with Gasteiger partial charge in [0.05, 0.1) is 11.5 Å². The summed E-state index contributed by atoms with van der Waals surface area (Å²) in [4.78, 5) is 9.87. The van der Waals surface area contributed by atoms with Gasteiger partial charge in [0, 0.05) is 18.7 Å². The van der Waals surface area contributed by atoms with Crippen LogP contribution in [0.15, 0.2) is 24.3 Å². The van der Waals surface area contributed by atoms with Crippen LogP contribution in [0.3, 0.4) is 0 Å². The van der Waals surface area contributed by atoms with Gasteiger partial charge in [-0.15, -0.1) is 0 Å². The van der Waals surface area contributed by atoms with Crippen molar-refractivity contribution >= 4 is 5.69 Å². The van der Waals surface area contributed by atoms with Gasteiger partial charge in [0.15, 0.2) is 0 Å². The summed E-state index contributed by atoms with van der Waals surface area (Å²) in [5, 5.41) is 21.6. The number of nitrogens with zero attached hydrogens (tertiary/aromatic N) is 1. The number of ether oxygens (including phenoxy) is 1. The van der Waals surface area contributed by atoms with E-state index in [9.17, 15) is 10.1 Å². The Kier molecular flexibility index (Phi) is 4.52. The zero-order valence-electron chi connectivity index (χ0n) is 8.05. The fourth-order valence-corrected chi connectivity index (χ4v) is 0.950. The molecule has 0 aliphatic rings. The highest BCUT2D eigenvalue weighted by atomic mass is 16.6. The highest BCUT2D eigenvalue weighted by Crippen LogP contribution is 2.16. The first-order valence-corrected chi connectivity index (χ1v) is 4.43. The smallest absolute Gasteiger partial charge is 0.269 e. The van der Waals surface area contributed by atoms with Crippen LogP contribution in [0.5, 0.6) is 5.75 Å². The van der Waals surface area contributed by atoms with Crippen molar-refractivity contribution in [3.05, 3.63) is 34.4 Å². The number of hydrogen-bond acceptors (Lipinski definition) is 5. The van der Waals surface area contributed by atoms with Crippen LogP contribution in [-0.2, 0) is 0 Å². The van der Waals surface area contributed by atoms with Crippen molar-refractivity contribution in [2.45, 2.75) is 0 Å². The lowest BCUT2D eigenvalue weighted by atomic mass is 10.3. The first-order chi connectivity index (χ1) is 7.24. The third-order valence-corrected chi connectivity index (χ3v) is 1.68. The van der Waals surface area contributed by atoms with Crippen LogP contribution in [0.2, 0.25) is 0 Å². The Hall–Kier alpha value is -1.66. The Morgan fingerprint density at radius 1 is 1.40 bits per heavy atom. The lowest BCUT2D eigenvalue weighted by molar-refractivity contribution is -0.384. The van der Waals surface area contributed by atoms with Crippen molar-refractivity contribution in [3.8, 4) is 5.75 Å². The van der Waals surface area contributed by atoms with Gasteiger partial charge in [-0.05, 0) is 12.1 Å². The second-order valence-corrected chi connectivity index (χ2v) is 2.76. The van der Waals surface area contributed by atoms with Crippen LogP contribution in [0.1, 0.15) is 0 Å². The monoisotopic (exact) mass is 212 g/mol. The quantitative estimate of drug-likeness (QED) is 0.310. The molecule has 6 nitrogen and oxygen atoms in total. The molecule has 0 aromatic heterocycles. The minimum atomic E-state index is -0.464. The number of nitro groups is 1. The second kappa shape index (κ2) is 5.94. The van der Waals surface area contributed by atoms with Crippen molar-refractivity contribution in [2.75, 3.05) is 19.9 Å². The van der Waals surface area contributed by atoms with Gasteiger partial charge >= 0.3 is 0 Å². The van der Waals surface area contributed by atoms with Crippen molar-refractivity contribution in [3.63, 3.8) is 0 Å². The number of hydrogen-bond donors (Lipinski definition) is 2. The standard InChI is InChI=1S/C9H12N2O4/c12-6-5-10-7-15-9-3-1-8(2-4-9)11(13)14/h1-4,10,12H,5-7H2. The SMILES string of the molecule is O=[N+]([O-])c1ccc(OCNCCO)cc1. The maximum atomic E-state index is 10.3. The van der Waals surface area contributed by atoms with E-state index in [0.29, 0.717) is 12.3 Å². The van der Waals surface area contributed by atoms with Crippen molar-refractivity contribution in [1.29, 1.82) is 0 Å². The van der Waals surface area contributed by atoms with E-state index in [1.54, 1.807) is 0 Å². The molecule has 2 N–H and O–H groups in total. The molecule has 0 unspecified atom stereocenters. The molecule has 1 rings (SSSR count). The number of benzene rings is 1. The summed E-state index contributed by atoms with van der Waals surface area (Å²) in [6.07, 6.45) is 0. The Balaban J connectivity index is 2.39. The van der Waals surface area contributed by atoms with Gasteiger partial charge in [0.25, 0.3) is 5.69 Å². The minimum Gasteiger partial charge on any atom is -0.478 e. The van der Waals surface area contributed by atoms with Gasteiger partial charge in [0.1, 0.15) is 12.5 Å². The Bertz CT molecular complexity index is 312. The van der Waals surface area contributed by atoms with Crippen molar-refractivity contribution in [2.24, 2.45) is 0 Å². The number of aliphatic hydroxyl groups excluding tert-OH is 1. The number of aliphatic hydroxyl groups is 1. The molecule has 0 spiro atoms. The summed E-state index contributed by atoms with van der Waals surface area (Å²) in [6, 6.07) is 5.81. The molecular weight excluding hydrogens is 200 g/mol. The topological polar surface area (TPSA) is 84.6 Å². The molecule has 1 aromatic rings. The van der Waals surface area contributed by atoms with E-state index in [2.05, 4.69) is 5.32 Å². The van der Waals surface area contributed by atoms with Crippen LogP contribution in [0.4, 0.5) is 5.69 Å². The molecule has 6 heteroatoms. The number of nitro benzene ring substituents is 1. The van der Waals surface area contributed by atoms with E-state index < -0.39 is 4.92 Å². The molecule has 0 fully saturated rings. The van der Waals surface area contributed by atoms with Gasteiger partial charge in [0.2, 0.25) is 0 Å². The average molecular weight is 212 g/mol. The molecule has 0 atom stereocenters. The summed E-state index contributed by atoms with van der Waals surface area (Å²) >= 11 is 0. The third-order valence-electron chi connectivity index (χ3n) is 1.68. The average Bonchev–Trinajstić information content (AvgIpc) is 2.25. The van der Waals surface area contributed by atoms with Crippen LogP contribution >= 0.6 is 0 Å². The molecule has 82 valence electrons. The molecule has 0 heterocycles. The van der Waals surface area contributed by atoms with E-state index in [1.807, 2.05) is 0 Å². The Labute approximate surface area is 86.6 Å². The third kappa shape index (κ3) is 3.92. The van der Waals surface area contributed by atoms with Gasteiger partial charge in [-0.1, -0.05) is 0 Å². The van der Waals surface area contributed by atoms with Crippen LogP contribution in [-0.4, -0.2) is 29.9 Å². The van der Waals surface area contributed by atoms with E-state index in [4.69, 9.17) is 9.84 Å². The van der Waals surface area contributed by atoms with E-state index in [0.717, 1.165) is 0 Å². The van der Waals surface area contributed by atoms with Gasteiger partial charge in [-0.25, -0.2) is 0 Å². The maximum Gasteiger partial charge on any atom is 0.269 e. The molecule has 15 heavy (non-hydrogen) atoms. The molecule has 0 saturated heterocycles. The number of nitrogens with one attached hydrogen (secondary N) is 1. The van der Waals surface area contributed by atoms with E-state index in [1.165, 1.54) is 24.3 Å². The van der Waals surface area contributed by atoms with Crippen molar-refractivity contribution < 1.29 is 14.8 Å². The summed E-state index contributed by atoms with van der Waals surface area (Å²) < 4.78 is 5.20. The highest BCUT2D eigenvalue weighted by Gasteiger charge is 2.03. The van der Waals surface area contributed by atoms with Crippen LogP contribution in [0, 0.1) is 10.1 Å². The summed E-state index contributed by atoms with van der Waals surface area (Å²) in [6.45, 7) is 0.759. The molecular formula is C9H12N2O4. The largest absolute Gasteiger partial charge is 0.478 e. The Morgan fingerprint density at radius 3 is 2.60 bits per heavy atom. The predicted molar refractivity (Wildman–Crippen MR) is 53.7 cm³/mol. The molecule has 0 radical (unpaired) electrons. The number of non-ortho nitro benzene ring substituents is 1. The van der Waals surface area contributed by atoms with Gasteiger partial charge in [-0.2, -0.15) is 0 Å². The lowest BCUT2D eigenvalue weighted by Crippen LogP contribution is -2.23. The zero-order chi connectivity index (χ0) is 11.1. The van der Waals surface area contributed by atoms with Crippen molar-refractivity contribution in [1.82, 2.24) is 5.32 Å². The normalized spacial score (nSPS) is 9.93. The van der Waals surface area contributed by atoms with Gasteiger partial charge in [-0.3, -0.25) is 15.4 Å². The molecule has 0 aliphatic carbocycles. The zero-order valence-corrected chi connectivity index (χ0v) is 8.05. The maximum absolute atomic E-state index is 10.3. The summed E-state index contributed by atoms with van der Waals surface area (Å²) in [5.74, 6) is 0.547. The molecule has 0 saturated carbocycles. The summed E-state index contributed by atoms with van der Waals surface area (Å²) in [5.41, 5.74) is 0.0330. The fourth-order valence-electron chi connectivity index (χ4n) is 0.950. The fraction of sp³-hybridized carbons (Fsp3) is 0.333. The lowest BCUT2D eigenvalue weighted by Gasteiger charge is -2.05. The van der Waals surface area contributed by atoms with E-state index in [-0.39, 0.29) is 19.0 Å². The Morgan fingerprint density at radius 2 is 2.07 bits per heavy atom. The molecule has 0 bridgehead atoms. The first-order valence-electron chi connectivity index (χ1n) is 4.43. The predicted octanol–water partition coefficient (Wildman–Crippen LogP) is 0.513.